The van der Waals surface area contributed by atoms with Crippen LogP contribution in [0, 0.1) is 17.3 Å². The number of nitrogens with zero attached hydrogens (tertiary/aromatic N) is 6. The summed E-state index contributed by atoms with van der Waals surface area (Å²) in [6, 6.07) is -1.75. The van der Waals surface area contributed by atoms with Gasteiger partial charge in [0, 0.05) is 25.9 Å². The van der Waals surface area contributed by atoms with Gasteiger partial charge in [-0.3, -0.25) is 19.8 Å². The molecule has 0 saturated carbocycles. The predicted molar refractivity (Wildman–Crippen MR) is 186 cm³/mol. The average molecular weight is 712 g/mol. The number of carbonyl (C=O) groups excluding carboxylic acids is 3. The van der Waals surface area contributed by atoms with Gasteiger partial charge in [-0.15, -0.1) is 0 Å². The smallest absolute Gasteiger partial charge is 0.242 e. The third-order valence-corrected chi connectivity index (χ3v) is 8.14. The molecule has 4 rings (SSSR count). The number of nitrogen functional groups attached to an aromatic ring is 1. The van der Waals surface area contributed by atoms with E-state index in [0.29, 0.717) is 67.4 Å². The van der Waals surface area contributed by atoms with Crippen LogP contribution in [0.25, 0.3) is 22.6 Å². The molecule has 278 valence electrons. The normalized spacial score (nSPS) is 16.9. The molecule has 18 nitrogen and oxygen atoms in total. The Balaban J connectivity index is 1.27. The summed E-state index contributed by atoms with van der Waals surface area (Å²) in [6.07, 6.45) is 2.21. The molecule has 9 N–H and O–H groups in total. The molecule has 0 aliphatic carbocycles. The maximum atomic E-state index is 13.3. The van der Waals surface area contributed by atoms with Gasteiger partial charge >= 0.3 is 0 Å². The van der Waals surface area contributed by atoms with Gasteiger partial charge in [0.05, 0.1) is 18.9 Å². The molecule has 1 fully saturated rings. The number of aromatic nitrogens is 5. The summed E-state index contributed by atoms with van der Waals surface area (Å²) in [5.74, 6) is 5.27. The van der Waals surface area contributed by atoms with Gasteiger partial charge in [-0.1, -0.05) is 26.7 Å². The maximum Gasteiger partial charge on any atom is 0.242 e. The number of aliphatic hydroxyl groups is 2. The molecule has 0 unspecified atom stereocenters. The first-order valence-electron chi connectivity index (χ1n) is 16.9. The van der Waals surface area contributed by atoms with Crippen molar-refractivity contribution in [1.29, 1.82) is 0 Å². The average Bonchev–Trinajstić information content (AvgIpc) is 3.76. The summed E-state index contributed by atoms with van der Waals surface area (Å²) >= 11 is 0. The molecule has 0 aromatic carbocycles. The van der Waals surface area contributed by atoms with Gasteiger partial charge < -0.3 is 41.2 Å². The fourth-order valence-electron chi connectivity index (χ4n) is 5.60. The number of rotatable bonds is 15. The number of pyridine rings is 1. The van der Waals surface area contributed by atoms with E-state index < -0.39 is 41.0 Å². The number of anilines is 1. The topological polar surface area (TPSA) is 262 Å². The molecular formula is C33H49N11O7. The van der Waals surface area contributed by atoms with Crippen molar-refractivity contribution >= 4 is 34.6 Å². The SMILES string of the molecule is CCn1c(-c2nonc2N)nc2c(C#CC(C)(C)O)ncc(OCCCNCCCC(=O)NN[C@H](C(=O)N3C[C@H](O)C[C@H]3C(N)=O)C(C)(C)C)c21. The second-order valence-electron chi connectivity index (χ2n) is 14.0. The highest BCUT2D eigenvalue weighted by Crippen LogP contribution is 2.33. The molecule has 1 saturated heterocycles. The molecule has 1 aliphatic heterocycles. The number of β-amino-alcohol motifs (C(OH)–C–C–N with tert-alkyl or cyclic N) is 1. The molecule has 0 radical (unpaired) electrons. The van der Waals surface area contributed by atoms with Crippen LogP contribution in [0.4, 0.5) is 5.82 Å². The molecule has 4 heterocycles. The maximum absolute atomic E-state index is 13.3. The van der Waals surface area contributed by atoms with Crippen LogP contribution >= 0.6 is 0 Å². The van der Waals surface area contributed by atoms with Crippen LogP contribution in [0.3, 0.4) is 0 Å². The minimum atomic E-state index is -1.24. The van der Waals surface area contributed by atoms with E-state index in [4.69, 9.17) is 25.8 Å². The van der Waals surface area contributed by atoms with Crippen molar-refractivity contribution in [2.24, 2.45) is 11.1 Å². The zero-order valence-electron chi connectivity index (χ0n) is 29.9. The van der Waals surface area contributed by atoms with Crippen LogP contribution in [0.1, 0.15) is 72.9 Å². The zero-order chi connectivity index (χ0) is 37.5. The number of hydrazine groups is 1. The van der Waals surface area contributed by atoms with Crippen molar-refractivity contribution in [2.75, 3.05) is 32.0 Å². The number of likely N-dealkylation sites (tertiary alicyclic amines) is 1. The van der Waals surface area contributed by atoms with Crippen molar-refractivity contribution in [2.45, 2.75) is 97.6 Å². The number of aryl methyl sites for hydroxylation is 1. The molecule has 3 aromatic heterocycles. The number of amides is 3. The molecule has 18 heteroatoms. The number of hydrogen-bond donors (Lipinski definition) is 7. The Hall–Kier alpha value is -4.83. The van der Waals surface area contributed by atoms with Crippen molar-refractivity contribution in [3.8, 4) is 29.1 Å². The van der Waals surface area contributed by atoms with Gasteiger partial charge in [0.25, 0.3) is 0 Å². The number of aliphatic hydroxyl groups excluding tert-OH is 1. The Morgan fingerprint density at radius 2 is 1.90 bits per heavy atom. The quantitative estimate of drug-likeness (QED) is 0.0613. The molecule has 0 bridgehead atoms. The minimum Gasteiger partial charge on any atom is -0.490 e. The Kier molecular flexibility index (Phi) is 12.6. The number of primary amides is 1. The van der Waals surface area contributed by atoms with Crippen molar-refractivity contribution < 1.29 is 34.0 Å². The minimum absolute atomic E-state index is 0.000234. The molecule has 3 amide bonds. The molecular weight excluding hydrogens is 662 g/mol. The number of nitrogens with two attached hydrogens (primary N) is 2. The number of carbonyl (C=O) groups is 3. The Morgan fingerprint density at radius 1 is 1.18 bits per heavy atom. The van der Waals surface area contributed by atoms with Crippen LogP contribution in [0.15, 0.2) is 10.8 Å². The third kappa shape index (κ3) is 9.91. The number of fused-ring (bicyclic) bond motifs is 1. The first-order valence-corrected chi connectivity index (χ1v) is 16.9. The predicted octanol–water partition coefficient (Wildman–Crippen LogP) is -0.173. The summed E-state index contributed by atoms with van der Waals surface area (Å²) in [5, 5.41) is 31.0. The number of imidazole rings is 1. The van der Waals surface area contributed by atoms with E-state index in [-0.39, 0.29) is 36.8 Å². The van der Waals surface area contributed by atoms with Gasteiger partial charge in [0.1, 0.15) is 34.4 Å². The van der Waals surface area contributed by atoms with Gasteiger partial charge in [-0.2, -0.15) is 0 Å². The van der Waals surface area contributed by atoms with E-state index >= 15 is 0 Å². The highest BCUT2D eigenvalue weighted by molar-refractivity contribution is 5.91. The summed E-state index contributed by atoms with van der Waals surface area (Å²) in [4.78, 5) is 48.2. The van der Waals surface area contributed by atoms with Crippen molar-refractivity contribution in [3.05, 3.63) is 11.9 Å². The number of ether oxygens (including phenoxy) is 1. The number of hydrogen-bond acceptors (Lipinski definition) is 14. The summed E-state index contributed by atoms with van der Waals surface area (Å²) in [5.41, 5.74) is 16.8. The third-order valence-electron chi connectivity index (χ3n) is 8.14. The van der Waals surface area contributed by atoms with Crippen LogP contribution < -0.4 is 32.4 Å². The monoisotopic (exact) mass is 711 g/mol. The summed E-state index contributed by atoms with van der Waals surface area (Å²) < 4.78 is 12.8. The Labute approximate surface area is 296 Å². The van der Waals surface area contributed by atoms with Gasteiger partial charge in [0.2, 0.25) is 17.7 Å². The highest BCUT2D eigenvalue weighted by atomic mass is 16.6. The molecule has 3 atom stereocenters. The van der Waals surface area contributed by atoms with Crippen LogP contribution in [-0.4, -0.2) is 108 Å². The van der Waals surface area contributed by atoms with Crippen molar-refractivity contribution in [1.82, 2.24) is 45.9 Å². The van der Waals surface area contributed by atoms with Gasteiger partial charge in [-0.25, -0.2) is 20.0 Å². The van der Waals surface area contributed by atoms with Gasteiger partial charge in [0.15, 0.2) is 23.1 Å². The summed E-state index contributed by atoms with van der Waals surface area (Å²) in [6.45, 7) is 12.6. The molecule has 3 aromatic rings. The number of nitrogens with one attached hydrogen (secondary N) is 3. The fraction of sp³-hybridized carbons (Fsp3) is 0.606. The Bertz CT molecular complexity index is 1760. The highest BCUT2D eigenvalue weighted by Gasteiger charge is 2.43. The first kappa shape index (κ1) is 39.0. The van der Waals surface area contributed by atoms with E-state index in [1.165, 1.54) is 4.90 Å². The van der Waals surface area contributed by atoms with Crippen LogP contribution in [0.2, 0.25) is 0 Å². The standard InChI is InChI=1S/C33H49N11O7/c1-7-43-26-22(17-37-20(11-12-33(5,6)49)24(26)38-30(43)25-28(34)42-51-41-25)50-15-9-14-36-13-8-10-23(46)39-40-27(32(2,3)4)31(48)44-18-19(45)16-21(44)29(35)47/h17,19,21,27,36,40,45,49H,7-10,13-16,18H2,1-6H3,(H2,34,42)(H2,35,47)(H,39,46)/t19-,21+,27-/m1/s1. The lowest BCUT2D eigenvalue weighted by molar-refractivity contribution is -0.142. The summed E-state index contributed by atoms with van der Waals surface area (Å²) in [7, 11) is 0. The Morgan fingerprint density at radius 3 is 2.53 bits per heavy atom. The lowest BCUT2D eigenvalue weighted by Gasteiger charge is -2.35. The fourth-order valence-corrected chi connectivity index (χ4v) is 5.60. The van der Waals surface area contributed by atoms with E-state index in [0.717, 1.165) is 0 Å². The van der Waals surface area contributed by atoms with Gasteiger partial charge in [-0.05, 0) is 68.4 Å². The second-order valence-corrected chi connectivity index (χ2v) is 14.0. The second kappa shape index (κ2) is 16.5. The molecule has 0 spiro atoms. The van der Waals surface area contributed by atoms with E-state index in [2.05, 4.69) is 43.3 Å². The molecule has 1 aliphatic rings. The molecule has 51 heavy (non-hydrogen) atoms. The lowest BCUT2D eigenvalue weighted by atomic mass is 9.86. The van der Waals surface area contributed by atoms with Crippen LogP contribution in [0.5, 0.6) is 5.75 Å². The zero-order valence-corrected chi connectivity index (χ0v) is 29.9. The lowest BCUT2D eigenvalue weighted by Crippen LogP contribution is -2.60. The largest absolute Gasteiger partial charge is 0.490 e. The van der Waals surface area contributed by atoms with E-state index in [1.54, 1.807) is 20.0 Å². The first-order chi connectivity index (χ1) is 24.0. The van der Waals surface area contributed by atoms with Crippen molar-refractivity contribution in [3.63, 3.8) is 0 Å². The van der Waals surface area contributed by atoms with Crippen LogP contribution in [-0.2, 0) is 20.9 Å². The van der Waals surface area contributed by atoms with E-state index in [1.807, 2.05) is 32.3 Å². The van der Waals surface area contributed by atoms with E-state index in [9.17, 15) is 24.6 Å².